The van der Waals surface area contributed by atoms with Gasteiger partial charge in [-0.05, 0) is 57.0 Å². The van der Waals surface area contributed by atoms with Crippen LogP contribution >= 0.6 is 0 Å². The Hall–Kier alpha value is -1.43. The van der Waals surface area contributed by atoms with E-state index in [0.717, 1.165) is 18.5 Å². The van der Waals surface area contributed by atoms with Gasteiger partial charge in [-0.15, -0.1) is 13.2 Å². The van der Waals surface area contributed by atoms with E-state index >= 15 is 0 Å². The lowest BCUT2D eigenvalue weighted by Gasteiger charge is -2.37. The average molecular weight is 300 g/mol. The van der Waals surface area contributed by atoms with Crippen LogP contribution in [0.5, 0.6) is 5.75 Å². The summed E-state index contributed by atoms with van der Waals surface area (Å²) >= 11 is 0. The van der Waals surface area contributed by atoms with Gasteiger partial charge in [-0.1, -0.05) is 0 Å². The summed E-state index contributed by atoms with van der Waals surface area (Å²) in [4.78, 5) is 2.46. The maximum Gasteiger partial charge on any atom is 0.573 e. The Morgan fingerprint density at radius 2 is 1.67 bits per heavy atom. The molecule has 1 aromatic rings. The molecule has 2 aliphatic rings. The third-order valence-electron chi connectivity index (χ3n) is 4.56. The van der Waals surface area contributed by atoms with Crippen LogP contribution in [-0.2, 0) is 0 Å². The summed E-state index contributed by atoms with van der Waals surface area (Å²) in [6, 6.07) is 7.64. The number of piperidine rings is 1. The van der Waals surface area contributed by atoms with Crippen LogP contribution in [0.3, 0.4) is 0 Å². The van der Waals surface area contributed by atoms with Crippen LogP contribution in [0.15, 0.2) is 24.3 Å². The molecular weight excluding hydrogens is 281 g/mol. The second-order valence-corrected chi connectivity index (χ2v) is 5.94. The maximum absolute atomic E-state index is 12.1. The van der Waals surface area contributed by atoms with Crippen LogP contribution in [0, 0.1) is 0 Å². The van der Waals surface area contributed by atoms with Crippen LogP contribution < -0.4 is 10.1 Å². The molecule has 2 saturated heterocycles. The van der Waals surface area contributed by atoms with Crippen LogP contribution in [0.25, 0.3) is 0 Å². The topological polar surface area (TPSA) is 24.5 Å². The lowest BCUT2D eigenvalue weighted by atomic mass is 9.98. The number of hydrogen-bond acceptors (Lipinski definition) is 3. The largest absolute Gasteiger partial charge is 0.573 e. The SMILES string of the molecule is CN1C2CCC1CC(Nc1ccc(OC(F)(F)F)cc1)C2. The number of fused-ring (bicyclic) bond motifs is 2. The number of benzene rings is 1. The summed E-state index contributed by atoms with van der Waals surface area (Å²) in [6.45, 7) is 0. The van der Waals surface area contributed by atoms with E-state index in [2.05, 4.69) is 22.0 Å². The second kappa shape index (κ2) is 5.40. The van der Waals surface area contributed by atoms with Gasteiger partial charge in [0.15, 0.2) is 0 Å². The van der Waals surface area contributed by atoms with Gasteiger partial charge in [0.2, 0.25) is 0 Å². The molecule has 0 aromatic heterocycles. The average Bonchev–Trinajstić information content (AvgIpc) is 2.62. The first-order valence-corrected chi connectivity index (χ1v) is 7.25. The van der Waals surface area contributed by atoms with Crippen LogP contribution in [0.2, 0.25) is 0 Å². The highest BCUT2D eigenvalue weighted by molar-refractivity contribution is 5.47. The van der Waals surface area contributed by atoms with E-state index in [1.54, 1.807) is 12.1 Å². The van der Waals surface area contributed by atoms with Crippen LogP contribution in [0.1, 0.15) is 25.7 Å². The summed E-state index contributed by atoms with van der Waals surface area (Å²) < 4.78 is 40.2. The molecule has 2 heterocycles. The second-order valence-electron chi connectivity index (χ2n) is 5.94. The zero-order valence-electron chi connectivity index (χ0n) is 11.9. The molecular formula is C15H19F3N2O. The first-order valence-electron chi connectivity index (χ1n) is 7.25. The molecule has 2 unspecified atom stereocenters. The highest BCUT2D eigenvalue weighted by Crippen LogP contribution is 2.35. The third kappa shape index (κ3) is 3.43. The lowest BCUT2D eigenvalue weighted by Crippen LogP contribution is -2.44. The molecule has 3 nitrogen and oxygen atoms in total. The van der Waals surface area contributed by atoms with Crippen molar-refractivity contribution in [3.63, 3.8) is 0 Å². The van der Waals surface area contributed by atoms with Crippen LogP contribution in [-0.4, -0.2) is 36.4 Å². The van der Waals surface area contributed by atoms with Crippen molar-refractivity contribution in [2.45, 2.75) is 50.2 Å². The third-order valence-corrected chi connectivity index (χ3v) is 4.56. The van der Waals surface area contributed by atoms with Gasteiger partial charge in [-0.25, -0.2) is 0 Å². The van der Waals surface area contributed by atoms with E-state index in [9.17, 15) is 13.2 Å². The van der Waals surface area contributed by atoms with E-state index < -0.39 is 6.36 Å². The predicted octanol–water partition coefficient (Wildman–Crippen LogP) is 3.62. The van der Waals surface area contributed by atoms with E-state index in [0.29, 0.717) is 18.1 Å². The van der Waals surface area contributed by atoms with Gasteiger partial charge in [0.1, 0.15) is 5.75 Å². The number of halogens is 3. The van der Waals surface area contributed by atoms with E-state index in [-0.39, 0.29) is 5.75 Å². The summed E-state index contributed by atoms with van der Waals surface area (Å²) in [5.41, 5.74) is 0.846. The smallest absolute Gasteiger partial charge is 0.406 e. The van der Waals surface area contributed by atoms with Gasteiger partial charge < -0.3 is 15.0 Å². The Kier molecular flexibility index (Phi) is 3.73. The van der Waals surface area contributed by atoms with Crippen molar-refractivity contribution in [1.29, 1.82) is 0 Å². The first kappa shape index (κ1) is 14.5. The van der Waals surface area contributed by atoms with Crippen molar-refractivity contribution < 1.29 is 17.9 Å². The van der Waals surface area contributed by atoms with Crippen molar-refractivity contribution in [1.82, 2.24) is 4.90 Å². The Morgan fingerprint density at radius 3 is 2.19 bits per heavy atom. The quantitative estimate of drug-likeness (QED) is 0.922. The molecule has 0 spiro atoms. The number of rotatable bonds is 3. The molecule has 2 fully saturated rings. The maximum atomic E-state index is 12.1. The minimum atomic E-state index is -4.64. The highest BCUT2D eigenvalue weighted by atomic mass is 19.4. The summed E-state index contributed by atoms with van der Waals surface area (Å²) in [6.07, 6.45) is 0.0408. The van der Waals surface area contributed by atoms with Gasteiger partial charge in [0, 0.05) is 23.8 Å². The minimum Gasteiger partial charge on any atom is -0.406 e. The van der Waals surface area contributed by atoms with Gasteiger partial charge in [0.25, 0.3) is 0 Å². The van der Waals surface area contributed by atoms with Crippen molar-refractivity contribution in [2.24, 2.45) is 0 Å². The number of hydrogen-bond donors (Lipinski definition) is 1. The molecule has 6 heteroatoms. The van der Waals surface area contributed by atoms with E-state index in [1.165, 1.54) is 25.0 Å². The Bertz CT molecular complexity index is 475. The first-order chi connectivity index (χ1) is 9.90. The molecule has 0 saturated carbocycles. The molecule has 116 valence electrons. The zero-order valence-corrected chi connectivity index (χ0v) is 11.9. The van der Waals surface area contributed by atoms with Gasteiger partial charge in [0.05, 0.1) is 0 Å². The molecule has 1 N–H and O–H groups in total. The zero-order chi connectivity index (χ0) is 15.0. The summed E-state index contributed by atoms with van der Waals surface area (Å²) in [5, 5.41) is 3.43. The normalized spacial score (nSPS) is 29.4. The standard InChI is InChI=1S/C15H19F3N2O/c1-20-12-4-5-13(20)9-11(8-12)19-10-2-6-14(7-3-10)21-15(16,17)18/h2-3,6-7,11-13,19H,4-5,8-9H2,1H3. The van der Waals surface area contributed by atoms with E-state index in [1.807, 2.05) is 0 Å². The molecule has 0 amide bonds. The molecule has 3 rings (SSSR count). The highest BCUT2D eigenvalue weighted by Gasteiger charge is 2.38. The number of alkyl halides is 3. The fraction of sp³-hybridized carbons (Fsp3) is 0.600. The van der Waals surface area contributed by atoms with Crippen molar-refractivity contribution >= 4 is 5.69 Å². The van der Waals surface area contributed by atoms with Crippen molar-refractivity contribution in [3.05, 3.63) is 24.3 Å². The summed E-state index contributed by atoms with van der Waals surface area (Å²) in [7, 11) is 2.18. The van der Waals surface area contributed by atoms with Gasteiger partial charge in [-0.2, -0.15) is 0 Å². The molecule has 0 radical (unpaired) electrons. The Morgan fingerprint density at radius 1 is 1.10 bits per heavy atom. The number of anilines is 1. The number of ether oxygens (including phenoxy) is 1. The summed E-state index contributed by atoms with van der Waals surface area (Å²) in [5.74, 6) is -0.184. The molecule has 21 heavy (non-hydrogen) atoms. The van der Waals surface area contributed by atoms with Crippen molar-refractivity contribution in [2.75, 3.05) is 12.4 Å². The van der Waals surface area contributed by atoms with Crippen molar-refractivity contribution in [3.8, 4) is 5.75 Å². The fourth-order valence-electron chi connectivity index (χ4n) is 3.52. The van der Waals surface area contributed by atoms with Crippen LogP contribution in [0.4, 0.5) is 18.9 Å². The lowest BCUT2D eigenvalue weighted by molar-refractivity contribution is -0.274. The molecule has 2 atom stereocenters. The van der Waals surface area contributed by atoms with Gasteiger partial charge in [-0.3, -0.25) is 0 Å². The Labute approximate surface area is 122 Å². The fourth-order valence-corrected chi connectivity index (χ4v) is 3.52. The van der Waals surface area contributed by atoms with E-state index in [4.69, 9.17) is 0 Å². The number of nitrogens with zero attached hydrogens (tertiary/aromatic N) is 1. The monoisotopic (exact) mass is 300 g/mol. The predicted molar refractivity (Wildman–Crippen MR) is 74.3 cm³/mol. The molecule has 2 bridgehead atoms. The molecule has 2 aliphatic heterocycles. The Balaban J connectivity index is 1.59. The molecule has 1 aromatic carbocycles. The number of nitrogens with one attached hydrogen (secondary N) is 1. The van der Waals surface area contributed by atoms with Gasteiger partial charge >= 0.3 is 6.36 Å². The minimum absolute atomic E-state index is 0.184. The molecule has 0 aliphatic carbocycles.